The second-order valence-electron chi connectivity index (χ2n) is 8.11. The number of carbonyl (C=O) groups excluding carboxylic acids is 2. The molecule has 0 bridgehead atoms. The Bertz CT molecular complexity index is 1510. The Balaban J connectivity index is 1.73. The van der Waals surface area contributed by atoms with Gasteiger partial charge in [-0.2, -0.15) is 0 Å². The zero-order valence-electron chi connectivity index (χ0n) is 18.5. The van der Waals surface area contributed by atoms with Crippen LogP contribution in [-0.4, -0.2) is 21.4 Å². The van der Waals surface area contributed by atoms with E-state index in [1.165, 1.54) is 36.4 Å². The third kappa shape index (κ3) is 3.70. The average Bonchev–Trinajstić information content (AvgIpc) is 2.90. The van der Waals surface area contributed by atoms with Crippen molar-refractivity contribution in [3.63, 3.8) is 0 Å². The zero-order chi connectivity index (χ0) is 25.4. The Morgan fingerprint density at radius 1 is 0.778 bits per heavy atom. The maximum Gasteiger partial charge on any atom is 0.317 e. The van der Waals surface area contributed by atoms with Gasteiger partial charge in [0, 0.05) is 29.3 Å². The van der Waals surface area contributed by atoms with E-state index >= 15 is 0 Å². The quantitative estimate of drug-likeness (QED) is 0.404. The van der Waals surface area contributed by atoms with Gasteiger partial charge in [0.25, 0.3) is 11.6 Å². The Hall–Kier alpha value is -5.12. The van der Waals surface area contributed by atoms with E-state index < -0.39 is 38.7 Å². The van der Waals surface area contributed by atoms with Crippen LogP contribution < -0.4 is 5.32 Å². The monoisotopic (exact) mass is 483 g/mol. The van der Waals surface area contributed by atoms with E-state index in [1.807, 2.05) is 6.07 Å². The van der Waals surface area contributed by atoms with Gasteiger partial charge in [-0.05, 0) is 5.56 Å². The maximum absolute atomic E-state index is 13.6. The predicted molar refractivity (Wildman–Crippen MR) is 126 cm³/mol. The highest BCUT2D eigenvalue weighted by molar-refractivity contribution is 6.27. The first-order valence-corrected chi connectivity index (χ1v) is 10.9. The minimum Gasteiger partial charge on any atom is -0.431 e. The smallest absolute Gasteiger partial charge is 0.317 e. The molecule has 0 amide bonds. The number of benzene rings is 3. The Labute approximate surface area is 203 Å². The van der Waals surface area contributed by atoms with E-state index in [9.17, 15) is 29.8 Å². The lowest BCUT2D eigenvalue weighted by Gasteiger charge is -2.30. The maximum atomic E-state index is 13.6. The van der Waals surface area contributed by atoms with Gasteiger partial charge in [0.15, 0.2) is 11.5 Å². The van der Waals surface area contributed by atoms with Crippen LogP contribution in [0.3, 0.4) is 0 Å². The van der Waals surface area contributed by atoms with Gasteiger partial charge in [-0.1, -0.05) is 72.8 Å². The molecule has 1 N–H and O–H groups in total. The number of hydrogen-bond acceptors (Lipinski definition) is 8. The van der Waals surface area contributed by atoms with Crippen molar-refractivity contribution in [2.45, 2.75) is 12.5 Å². The van der Waals surface area contributed by atoms with Gasteiger partial charge >= 0.3 is 5.70 Å². The van der Waals surface area contributed by atoms with E-state index in [0.29, 0.717) is 0 Å². The molecule has 1 atom stereocenters. The number of allylic oxidation sites excluding steroid dienone is 2. The van der Waals surface area contributed by atoms with Gasteiger partial charge in [-0.3, -0.25) is 29.8 Å². The molecule has 10 heteroatoms. The third-order valence-electron chi connectivity index (χ3n) is 6.05. The molecule has 0 saturated carbocycles. The molecule has 1 aliphatic heterocycles. The standard InChI is InChI=1S/C26H17N3O7/c30-23-16-10-4-5-11-17(16)24(31)25-21(23)20(18-12-6-7-13-19(18)28(32)33)22(29(34)35)26(36-25)27-14-15-8-2-1-3-9-15/h1-13,20,27H,14H2. The number of nitro groups is 2. The van der Waals surface area contributed by atoms with Crippen LogP contribution in [0.4, 0.5) is 5.69 Å². The van der Waals surface area contributed by atoms with Crippen LogP contribution in [0.1, 0.15) is 37.8 Å². The van der Waals surface area contributed by atoms with Crippen molar-refractivity contribution >= 4 is 17.3 Å². The number of nitrogens with one attached hydrogen (secondary N) is 1. The SMILES string of the molecule is O=C1C2=C(C(=O)c3ccccc31)C(c1ccccc1[N+](=O)[O-])C([N+](=O)[O-])=C(NCc1ccccc1)O2. The van der Waals surface area contributed by atoms with E-state index in [2.05, 4.69) is 5.32 Å². The summed E-state index contributed by atoms with van der Waals surface area (Å²) >= 11 is 0. The van der Waals surface area contributed by atoms with E-state index in [0.717, 1.165) is 5.56 Å². The molecule has 0 spiro atoms. The predicted octanol–water partition coefficient (Wildman–Crippen LogP) is 4.28. The number of nitro benzene ring substituents is 1. The summed E-state index contributed by atoms with van der Waals surface area (Å²) in [6.45, 7) is 0.110. The van der Waals surface area contributed by atoms with Crippen LogP contribution in [0.15, 0.2) is 102 Å². The molecule has 1 heterocycles. The third-order valence-corrected chi connectivity index (χ3v) is 6.05. The van der Waals surface area contributed by atoms with Gasteiger partial charge in [0.1, 0.15) is 5.92 Å². The molecule has 1 unspecified atom stereocenters. The highest BCUT2D eigenvalue weighted by Crippen LogP contribution is 2.47. The Kier molecular flexibility index (Phi) is 5.61. The molecule has 10 nitrogen and oxygen atoms in total. The molecule has 36 heavy (non-hydrogen) atoms. The number of Topliss-reactive ketones (excluding diaryl/α,β-unsaturated/α-hetero) is 2. The van der Waals surface area contributed by atoms with Crippen molar-refractivity contribution in [3.8, 4) is 0 Å². The molecule has 5 rings (SSSR count). The van der Waals surface area contributed by atoms with Crippen molar-refractivity contribution in [1.29, 1.82) is 0 Å². The first-order valence-electron chi connectivity index (χ1n) is 10.9. The van der Waals surface area contributed by atoms with Gasteiger partial charge in [0.2, 0.25) is 5.78 Å². The fraction of sp³-hybridized carbons (Fsp3) is 0.0769. The van der Waals surface area contributed by atoms with Crippen LogP contribution in [-0.2, 0) is 11.3 Å². The Morgan fingerprint density at radius 2 is 1.39 bits per heavy atom. The first-order chi connectivity index (χ1) is 17.4. The number of ketones is 2. The van der Waals surface area contributed by atoms with Gasteiger partial charge in [-0.25, -0.2) is 0 Å². The van der Waals surface area contributed by atoms with Crippen molar-refractivity contribution < 1.29 is 24.2 Å². The molecule has 0 saturated heterocycles. The van der Waals surface area contributed by atoms with E-state index in [1.54, 1.807) is 36.4 Å². The van der Waals surface area contributed by atoms with E-state index in [4.69, 9.17) is 4.74 Å². The van der Waals surface area contributed by atoms with Crippen LogP contribution in [0.25, 0.3) is 0 Å². The molecule has 3 aromatic carbocycles. The molecule has 2 aliphatic rings. The highest BCUT2D eigenvalue weighted by atomic mass is 16.6. The minimum absolute atomic E-state index is 0.0526. The average molecular weight is 483 g/mol. The summed E-state index contributed by atoms with van der Waals surface area (Å²) in [5.74, 6) is -3.56. The van der Waals surface area contributed by atoms with Gasteiger partial charge < -0.3 is 10.1 Å². The van der Waals surface area contributed by atoms with Crippen molar-refractivity contribution in [2.24, 2.45) is 0 Å². The normalized spacial score (nSPS) is 16.7. The summed E-state index contributed by atoms with van der Waals surface area (Å²) in [5, 5.41) is 27.1. The summed E-state index contributed by atoms with van der Waals surface area (Å²) in [7, 11) is 0. The number of ether oxygens (including phenoxy) is 1. The van der Waals surface area contributed by atoms with Crippen molar-refractivity contribution in [1.82, 2.24) is 5.32 Å². The fourth-order valence-electron chi connectivity index (χ4n) is 4.45. The molecule has 178 valence electrons. The summed E-state index contributed by atoms with van der Waals surface area (Å²) < 4.78 is 5.74. The molecule has 0 aromatic heterocycles. The molecular formula is C26H17N3O7. The molecule has 3 aromatic rings. The van der Waals surface area contributed by atoms with Crippen molar-refractivity contribution in [3.05, 3.63) is 144 Å². The largest absolute Gasteiger partial charge is 0.431 e. The topological polar surface area (TPSA) is 142 Å². The summed E-state index contributed by atoms with van der Waals surface area (Å²) in [4.78, 5) is 49.8. The second kappa shape index (κ2) is 8.91. The molecule has 1 aliphatic carbocycles. The summed E-state index contributed by atoms with van der Waals surface area (Å²) in [6, 6.07) is 20.5. The molecular weight excluding hydrogens is 466 g/mol. The number of carbonyl (C=O) groups is 2. The lowest BCUT2D eigenvalue weighted by atomic mass is 9.76. The van der Waals surface area contributed by atoms with Crippen LogP contribution in [0.5, 0.6) is 0 Å². The molecule has 0 radical (unpaired) electrons. The second-order valence-corrected chi connectivity index (χ2v) is 8.11. The summed E-state index contributed by atoms with van der Waals surface area (Å²) in [5.41, 5.74) is -0.493. The van der Waals surface area contributed by atoms with Crippen molar-refractivity contribution in [2.75, 3.05) is 0 Å². The van der Waals surface area contributed by atoms with E-state index in [-0.39, 0.29) is 40.5 Å². The lowest BCUT2D eigenvalue weighted by molar-refractivity contribution is -0.434. The highest BCUT2D eigenvalue weighted by Gasteiger charge is 2.50. The number of nitrogens with zero attached hydrogens (tertiary/aromatic N) is 2. The van der Waals surface area contributed by atoms with Gasteiger partial charge in [-0.15, -0.1) is 0 Å². The Morgan fingerprint density at radius 3 is 2.06 bits per heavy atom. The van der Waals surface area contributed by atoms with Crippen LogP contribution in [0.2, 0.25) is 0 Å². The number of fused-ring (bicyclic) bond motifs is 1. The number of para-hydroxylation sites is 1. The number of rotatable bonds is 6. The summed E-state index contributed by atoms with van der Waals surface area (Å²) in [6.07, 6.45) is 0. The van der Waals surface area contributed by atoms with Crippen LogP contribution >= 0.6 is 0 Å². The lowest BCUT2D eigenvalue weighted by Crippen LogP contribution is -2.36. The van der Waals surface area contributed by atoms with Crippen LogP contribution in [0, 0.1) is 20.2 Å². The number of hydrogen-bond donors (Lipinski definition) is 1. The fourth-order valence-corrected chi connectivity index (χ4v) is 4.45. The van der Waals surface area contributed by atoms with Gasteiger partial charge in [0.05, 0.1) is 15.4 Å². The zero-order valence-corrected chi connectivity index (χ0v) is 18.5. The minimum atomic E-state index is -1.52. The first kappa shape index (κ1) is 22.7. The molecule has 0 fully saturated rings.